The Hall–Kier alpha value is 0.799. The fourth-order valence-corrected chi connectivity index (χ4v) is 0.471. The first-order valence-electron chi connectivity index (χ1n) is 2.94. The molecular weight excluding hydrogens is 191 g/mol. The maximum atomic E-state index is 2.30. The normalized spacial score (nSPS) is 15.0. The predicted molar refractivity (Wildman–Crippen MR) is 36.0 cm³/mol. The summed E-state index contributed by atoms with van der Waals surface area (Å²) in [6, 6.07) is 0. The summed E-state index contributed by atoms with van der Waals surface area (Å²) in [7, 11) is 0. The van der Waals surface area contributed by atoms with E-state index in [0.717, 1.165) is 9.85 Å². The molecule has 1 unspecified atom stereocenters. The van der Waals surface area contributed by atoms with E-state index in [9.17, 15) is 0 Å². The van der Waals surface area contributed by atoms with Crippen molar-refractivity contribution in [3.63, 3.8) is 0 Å². The molecule has 0 saturated heterocycles. The molecule has 0 saturated carbocycles. The SMILES string of the molecule is CC[CH]([SnH])C(C)C. The molecule has 0 N–H and O–H groups in total. The minimum atomic E-state index is 0.924. The molecule has 42 valence electrons. The van der Waals surface area contributed by atoms with Crippen LogP contribution in [0.25, 0.3) is 0 Å². The molecule has 0 heterocycles. The van der Waals surface area contributed by atoms with E-state index >= 15 is 0 Å². The van der Waals surface area contributed by atoms with Crippen molar-refractivity contribution in [2.75, 3.05) is 0 Å². The molecule has 0 rings (SSSR count). The fourth-order valence-electron chi connectivity index (χ4n) is 0.471. The Balaban J connectivity index is 3.14. The molecule has 1 atom stereocenters. The summed E-state index contributed by atoms with van der Waals surface area (Å²) in [5.41, 5.74) is 0. The summed E-state index contributed by atoms with van der Waals surface area (Å²) in [5, 5.41) is 0. The minimum absolute atomic E-state index is 0.924. The van der Waals surface area contributed by atoms with Crippen LogP contribution in [0.3, 0.4) is 0 Å². The third-order valence-corrected chi connectivity index (χ3v) is 4.87. The molecule has 7 heavy (non-hydrogen) atoms. The van der Waals surface area contributed by atoms with Crippen molar-refractivity contribution in [2.45, 2.75) is 31.1 Å². The number of rotatable bonds is 2. The van der Waals surface area contributed by atoms with Gasteiger partial charge in [-0.25, -0.2) is 0 Å². The second-order valence-corrected chi connectivity index (χ2v) is 4.76. The zero-order valence-electron chi connectivity index (χ0n) is 5.44. The van der Waals surface area contributed by atoms with Crippen LogP contribution in [0.5, 0.6) is 0 Å². The van der Waals surface area contributed by atoms with Crippen LogP contribution in [0.1, 0.15) is 27.2 Å². The summed E-state index contributed by atoms with van der Waals surface area (Å²) in [4.78, 5) is 0. The van der Waals surface area contributed by atoms with Gasteiger partial charge >= 0.3 is 59.6 Å². The van der Waals surface area contributed by atoms with Gasteiger partial charge in [-0.3, -0.25) is 0 Å². The molecule has 0 amide bonds. The van der Waals surface area contributed by atoms with Gasteiger partial charge in [-0.15, -0.1) is 0 Å². The van der Waals surface area contributed by atoms with Gasteiger partial charge < -0.3 is 0 Å². The van der Waals surface area contributed by atoms with E-state index < -0.39 is 0 Å². The van der Waals surface area contributed by atoms with Crippen molar-refractivity contribution in [2.24, 2.45) is 5.92 Å². The molecule has 2 radical (unpaired) electrons. The van der Waals surface area contributed by atoms with Crippen LogP contribution >= 0.6 is 0 Å². The zero-order valence-corrected chi connectivity index (χ0v) is 8.73. The number of hydrogen-bond donors (Lipinski definition) is 0. The fraction of sp³-hybridized carbons (Fsp3) is 1.00. The van der Waals surface area contributed by atoms with Crippen LogP contribution < -0.4 is 0 Å². The van der Waals surface area contributed by atoms with Gasteiger partial charge in [-0.2, -0.15) is 0 Å². The Bertz CT molecular complexity index is 41.4. The van der Waals surface area contributed by atoms with Crippen LogP contribution in [0.4, 0.5) is 0 Å². The van der Waals surface area contributed by atoms with Crippen molar-refractivity contribution in [1.29, 1.82) is 0 Å². The van der Waals surface area contributed by atoms with Crippen molar-refractivity contribution in [3.05, 3.63) is 0 Å². The van der Waals surface area contributed by atoms with E-state index in [0.29, 0.717) is 0 Å². The summed E-state index contributed by atoms with van der Waals surface area (Å²) < 4.78 is 1.03. The second-order valence-electron chi connectivity index (χ2n) is 2.32. The molecule has 0 aromatic carbocycles. The maximum absolute atomic E-state index is 2.30. The van der Waals surface area contributed by atoms with E-state index in [1.54, 1.807) is 0 Å². The molecule has 1 heteroatoms. The van der Waals surface area contributed by atoms with Crippen molar-refractivity contribution >= 4 is 22.5 Å². The average molecular weight is 205 g/mol. The first-order chi connectivity index (χ1) is 3.18. The Morgan fingerprint density at radius 3 is 1.86 bits per heavy atom. The van der Waals surface area contributed by atoms with Crippen LogP contribution in [0.15, 0.2) is 0 Å². The summed E-state index contributed by atoms with van der Waals surface area (Å²) in [5.74, 6) is 0.924. The first-order valence-corrected chi connectivity index (χ1v) is 4.84. The summed E-state index contributed by atoms with van der Waals surface area (Å²) in [6.07, 6.45) is 1.37. The molecule has 0 aromatic heterocycles. The van der Waals surface area contributed by atoms with Crippen LogP contribution in [-0.4, -0.2) is 22.5 Å². The molecule has 0 aromatic rings. The first kappa shape index (κ1) is 7.80. The molecule has 0 nitrogen and oxygen atoms in total. The third kappa shape index (κ3) is 3.39. The van der Waals surface area contributed by atoms with Crippen LogP contribution in [0.2, 0.25) is 3.93 Å². The van der Waals surface area contributed by atoms with E-state index in [-0.39, 0.29) is 0 Å². The van der Waals surface area contributed by atoms with Gasteiger partial charge in [0.25, 0.3) is 0 Å². The second kappa shape index (κ2) is 3.76. The van der Waals surface area contributed by atoms with E-state index in [2.05, 4.69) is 20.8 Å². The van der Waals surface area contributed by atoms with Gasteiger partial charge in [0.2, 0.25) is 0 Å². The van der Waals surface area contributed by atoms with Crippen molar-refractivity contribution < 1.29 is 0 Å². The van der Waals surface area contributed by atoms with Gasteiger partial charge in [0.15, 0.2) is 0 Å². The number of hydrogen-bond acceptors (Lipinski definition) is 0. The van der Waals surface area contributed by atoms with Gasteiger partial charge in [-0.1, -0.05) is 0 Å². The van der Waals surface area contributed by atoms with E-state index in [1.807, 2.05) is 0 Å². The Morgan fingerprint density at radius 2 is 1.86 bits per heavy atom. The Morgan fingerprint density at radius 1 is 1.43 bits per heavy atom. The predicted octanol–water partition coefficient (Wildman–Crippen LogP) is 1.74. The van der Waals surface area contributed by atoms with Gasteiger partial charge in [0.05, 0.1) is 0 Å². The van der Waals surface area contributed by atoms with Gasteiger partial charge in [0, 0.05) is 0 Å². The summed E-state index contributed by atoms with van der Waals surface area (Å²) >= 11 is 1.43. The van der Waals surface area contributed by atoms with Gasteiger partial charge in [-0.05, 0) is 0 Å². The molecule has 0 bridgehead atoms. The average Bonchev–Trinajstić information content (AvgIpc) is 1.65. The standard InChI is InChI=1S/C6H13.Sn.H/c1-4-5-6(2)3;;/h5-6H,4H2,1-3H3;;. The molecule has 0 aliphatic rings. The Labute approximate surface area is 59.8 Å². The third-order valence-electron chi connectivity index (χ3n) is 1.33. The quantitative estimate of drug-likeness (QED) is 0.602. The molecular formula is C6H14Sn. The molecule has 0 aliphatic heterocycles. The molecule has 0 aliphatic carbocycles. The van der Waals surface area contributed by atoms with Gasteiger partial charge in [0.1, 0.15) is 0 Å². The van der Waals surface area contributed by atoms with Crippen LogP contribution in [0, 0.1) is 5.92 Å². The summed E-state index contributed by atoms with van der Waals surface area (Å²) in [6.45, 7) is 6.88. The monoisotopic (exact) mass is 206 g/mol. The topological polar surface area (TPSA) is 0 Å². The Kier molecular flexibility index (Phi) is 4.19. The van der Waals surface area contributed by atoms with Crippen LogP contribution in [-0.2, 0) is 0 Å². The van der Waals surface area contributed by atoms with Crippen molar-refractivity contribution in [1.82, 2.24) is 0 Å². The van der Waals surface area contributed by atoms with Crippen molar-refractivity contribution in [3.8, 4) is 0 Å². The zero-order chi connectivity index (χ0) is 5.86. The van der Waals surface area contributed by atoms with E-state index in [1.165, 1.54) is 28.9 Å². The molecule has 0 fully saturated rings. The van der Waals surface area contributed by atoms with E-state index in [4.69, 9.17) is 0 Å². The molecule has 0 spiro atoms.